The third kappa shape index (κ3) is 8.39. The van der Waals surface area contributed by atoms with Crippen LogP contribution in [-0.2, 0) is 14.3 Å². The highest BCUT2D eigenvalue weighted by Gasteiger charge is 2.20. The van der Waals surface area contributed by atoms with Gasteiger partial charge in [0, 0.05) is 12.6 Å². The van der Waals surface area contributed by atoms with E-state index in [4.69, 9.17) is 25.9 Å². The maximum absolute atomic E-state index is 10.8. The van der Waals surface area contributed by atoms with Crippen LogP contribution in [0.4, 0.5) is 0 Å². The molecule has 0 heterocycles. The first-order valence-corrected chi connectivity index (χ1v) is 5.95. The first kappa shape index (κ1) is 18.3. The third-order valence-electron chi connectivity index (χ3n) is 2.51. The molecule has 0 bridgehead atoms. The van der Waals surface area contributed by atoms with Crippen LogP contribution in [0.3, 0.4) is 0 Å². The summed E-state index contributed by atoms with van der Waals surface area (Å²) in [7, 11) is 0. The monoisotopic (exact) mass is 288 g/mol. The molecule has 9 nitrogen and oxygen atoms in total. The third-order valence-corrected chi connectivity index (χ3v) is 2.51. The molecule has 0 aromatic rings. The number of carbonyl (C=O) groups is 2. The molecule has 0 aromatic heterocycles. The number of nitrogens with two attached hydrogens (primary N) is 1. The van der Waals surface area contributed by atoms with Crippen molar-refractivity contribution in [3.8, 4) is 6.07 Å². The van der Waals surface area contributed by atoms with Gasteiger partial charge < -0.3 is 20.7 Å². The fraction of sp³-hybridized carbons (Fsp3) is 0.727. The van der Waals surface area contributed by atoms with E-state index in [0.717, 1.165) is 0 Å². The first-order chi connectivity index (χ1) is 9.40. The largest absolute Gasteiger partial charge is 0.480 e. The van der Waals surface area contributed by atoms with Crippen LogP contribution in [0, 0.1) is 11.3 Å². The summed E-state index contributed by atoms with van der Waals surface area (Å²) in [6.07, 6.45) is 0. The van der Waals surface area contributed by atoms with Gasteiger partial charge in [-0.25, -0.2) is 0 Å². The van der Waals surface area contributed by atoms with E-state index >= 15 is 0 Å². The standard InChI is InChI=1S/C11H20N4O5/c1-9(4-14(3-2-12)5-10(16)17)15(6-11(18)19)8-20-7-13/h9H,3-8,13H2,1H3,(H,16,17)(H,18,19)/t9-/m0/s1. The van der Waals surface area contributed by atoms with Gasteiger partial charge in [0.05, 0.1) is 32.4 Å². The number of carboxylic acid groups (broad SMARTS) is 2. The van der Waals surface area contributed by atoms with Gasteiger partial charge in [-0.1, -0.05) is 0 Å². The maximum Gasteiger partial charge on any atom is 0.317 e. The average molecular weight is 288 g/mol. The molecule has 0 saturated carbocycles. The minimum atomic E-state index is -1.05. The van der Waals surface area contributed by atoms with Gasteiger partial charge in [0.2, 0.25) is 0 Å². The van der Waals surface area contributed by atoms with Gasteiger partial charge in [-0.15, -0.1) is 0 Å². The van der Waals surface area contributed by atoms with Crippen molar-refractivity contribution in [3.63, 3.8) is 0 Å². The van der Waals surface area contributed by atoms with E-state index in [-0.39, 0.29) is 45.7 Å². The van der Waals surface area contributed by atoms with Crippen LogP contribution in [0.15, 0.2) is 0 Å². The van der Waals surface area contributed by atoms with Gasteiger partial charge in [0.1, 0.15) is 6.73 Å². The van der Waals surface area contributed by atoms with E-state index in [1.807, 2.05) is 6.07 Å². The van der Waals surface area contributed by atoms with Gasteiger partial charge in [-0.05, 0) is 6.92 Å². The Kier molecular flexibility index (Phi) is 9.23. The molecule has 0 unspecified atom stereocenters. The number of nitrogens with zero attached hydrogens (tertiary/aromatic N) is 3. The van der Waals surface area contributed by atoms with Gasteiger partial charge in [-0.2, -0.15) is 5.26 Å². The van der Waals surface area contributed by atoms with Crippen molar-refractivity contribution in [3.05, 3.63) is 0 Å². The molecular formula is C11H20N4O5. The molecule has 0 radical (unpaired) electrons. The Labute approximate surface area is 117 Å². The zero-order valence-electron chi connectivity index (χ0n) is 11.4. The fourth-order valence-corrected chi connectivity index (χ4v) is 1.64. The minimum Gasteiger partial charge on any atom is -0.480 e. The van der Waals surface area contributed by atoms with E-state index in [1.165, 1.54) is 9.80 Å². The Morgan fingerprint density at radius 2 is 1.95 bits per heavy atom. The van der Waals surface area contributed by atoms with Crippen molar-refractivity contribution >= 4 is 11.9 Å². The highest BCUT2D eigenvalue weighted by Crippen LogP contribution is 2.03. The quantitative estimate of drug-likeness (QED) is 0.308. The highest BCUT2D eigenvalue weighted by molar-refractivity contribution is 5.69. The predicted octanol–water partition coefficient (Wildman–Crippen LogP) is -1.44. The molecule has 4 N–H and O–H groups in total. The predicted molar refractivity (Wildman–Crippen MR) is 68.5 cm³/mol. The molecule has 9 heteroatoms. The number of ether oxygens (including phenoxy) is 1. The van der Waals surface area contributed by atoms with Crippen molar-refractivity contribution in [2.24, 2.45) is 5.73 Å². The zero-order valence-corrected chi connectivity index (χ0v) is 11.4. The number of nitriles is 1. The van der Waals surface area contributed by atoms with Crippen molar-refractivity contribution in [1.29, 1.82) is 5.26 Å². The van der Waals surface area contributed by atoms with Gasteiger partial charge in [0.15, 0.2) is 0 Å². The van der Waals surface area contributed by atoms with Crippen molar-refractivity contribution < 1.29 is 24.5 Å². The summed E-state index contributed by atoms with van der Waals surface area (Å²) in [5.41, 5.74) is 5.20. The molecular weight excluding hydrogens is 268 g/mol. The Morgan fingerprint density at radius 3 is 2.40 bits per heavy atom. The van der Waals surface area contributed by atoms with Crippen molar-refractivity contribution in [2.75, 3.05) is 39.6 Å². The summed E-state index contributed by atoms with van der Waals surface area (Å²) in [6, 6.07) is 1.58. The lowest BCUT2D eigenvalue weighted by Crippen LogP contribution is -2.46. The first-order valence-electron chi connectivity index (χ1n) is 5.95. The number of aliphatic carboxylic acids is 2. The molecule has 0 rings (SSSR count). The summed E-state index contributed by atoms with van der Waals surface area (Å²) in [6.45, 7) is 1.37. The molecule has 0 spiro atoms. The fourth-order valence-electron chi connectivity index (χ4n) is 1.64. The summed E-state index contributed by atoms with van der Waals surface area (Å²) in [5.74, 6) is -2.07. The Balaban J connectivity index is 4.58. The Morgan fingerprint density at radius 1 is 1.35 bits per heavy atom. The Hall–Kier alpha value is -1.73. The summed E-state index contributed by atoms with van der Waals surface area (Å²) >= 11 is 0. The smallest absolute Gasteiger partial charge is 0.317 e. The van der Waals surface area contributed by atoms with Crippen molar-refractivity contribution in [2.45, 2.75) is 13.0 Å². The van der Waals surface area contributed by atoms with Crippen LogP contribution in [0.5, 0.6) is 0 Å². The molecule has 0 aliphatic carbocycles. The molecule has 0 aliphatic heterocycles. The molecule has 114 valence electrons. The van der Waals surface area contributed by atoms with E-state index in [0.29, 0.717) is 0 Å². The Bertz CT molecular complexity index is 357. The lowest BCUT2D eigenvalue weighted by molar-refractivity contribution is -0.142. The average Bonchev–Trinajstić information content (AvgIpc) is 2.33. The molecule has 0 fully saturated rings. The normalized spacial score (nSPS) is 12.3. The van der Waals surface area contributed by atoms with Crippen LogP contribution in [0.2, 0.25) is 0 Å². The van der Waals surface area contributed by atoms with Crippen molar-refractivity contribution in [1.82, 2.24) is 9.80 Å². The molecule has 20 heavy (non-hydrogen) atoms. The lowest BCUT2D eigenvalue weighted by atomic mass is 10.2. The minimum absolute atomic E-state index is 0.0252. The maximum atomic E-state index is 10.8. The summed E-state index contributed by atoms with van der Waals surface area (Å²) in [5, 5.41) is 26.2. The molecule has 0 aromatic carbocycles. The van der Waals surface area contributed by atoms with Gasteiger partial charge in [-0.3, -0.25) is 19.4 Å². The highest BCUT2D eigenvalue weighted by atomic mass is 16.5. The zero-order chi connectivity index (χ0) is 15.5. The second-order valence-corrected chi connectivity index (χ2v) is 4.21. The summed E-state index contributed by atoms with van der Waals surface area (Å²) in [4.78, 5) is 24.4. The number of hydrogen-bond donors (Lipinski definition) is 3. The topological polar surface area (TPSA) is 140 Å². The van der Waals surface area contributed by atoms with E-state index in [9.17, 15) is 9.59 Å². The molecule has 0 aliphatic rings. The molecule has 0 saturated heterocycles. The number of carboxylic acids is 2. The van der Waals surface area contributed by atoms with Gasteiger partial charge >= 0.3 is 11.9 Å². The van der Waals surface area contributed by atoms with Crippen LogP contribution in [-0.4, -0.2) is 77.6 Å². The number of hydrogen-bond acceptors (Lipinski definition) is 7. The van der Waals surface area contributed by atoms with Gasteiger partial charge in [0.25, 0.3) is 0 Å². The van der Waals surface area contributed by atoms with E-state index < -0.39 is 11.9 Å². The van der Waals surface area contributed by atoms with Crippen LogP contribution < -0.4 is 5.73 Å². The lowest BCUT2D eigenvalue weighted by Gasteiger charge is -2.30. The molecule has 0 amide bonds. The van der Waals surface area contributed by atoms with E-state index in [1.54, 1.807) is 6.92 Å². The second-order valence-electron chi connectivity index (χ2n) is 4.21. The second kappa shape index (κ2) is 10.1. The van der Waals surface area contributed by atoms with Crippen LogP contribution in [0.25, 0.3) is 0 Å². The SMILES string of the molecule is C[C@@H](CN(CC#N)CC(=O)O)N(COCN)CC(=O)O. The molecule has 1 atom stereocenters. The number of rotatable bonds is 11. The van der Waals surface area contributed by atoms with Crippen LogP contribution >= 0.6 is 0 Å². The van der Waals surface area contributed by atoms with E-state index in [2.05, 4.69) is 0 Å². The van der Waals surface area contributed by atoms with Crippen LogP contribution in [0.1, 0.15) is 6.92 Å². The summed E-state index contributed by atoms with van der Waals surface area (Å²) < 4.78 is 4.98.